The Labute approximate surface area is 90.5 Å². The molecule has 1 atom stereocenters. The topological polar surface area (TPSA) is 71.2 Å². The van der Waals surface area contributed by atoms with Crippen LogP contribution in [-0.2, 0) is 0 Å². The first-order chi connectivity index (χ1) is 7.03. The number of rotatable bonds is 5. The van der Waals surface area contributed by atoms with Crippen LogP contribution in [0.25, 0.3) is 0 Å². The molecule has 0 aromatic carbocycles. The van der Waals surface area contributed by atoms with Crippen LogP contribution in [0.15, 0.2) is 18.2 Å². The van der Waals surface area contributed by atoms with E-state index in [-0.39, 0.29) is 0 Å². The van der Waals surface area contributed by atoms with E-state index in [9.17, 15) is 5.11 Å². The molecular formula is C11H19N3O. The number of nitrogens with two attached hydrogens (primary N) is 1. The third-order valence-electron chi connectivity index (χ3n) is 2.21. The Morgan fingerprint density at radius 2 is 2.27 bits per heavy atom. The van der Waals surface area contributed by atoms with Gasteiger partial charge in [0.15, 0.2) is 0 Å². The van der Waals surface area contributed by atoms with Gasteiger partial charge < -0.3 is 16.2 Å². The highest BCUT2D eigenvalue weighted by Gasteiger charge is 2.18. The Bertz CT molecular complexity index is 312. The normalized spacial score (nSPS) is 14.6. The zero-order valence-electron chi connectivity index (χ0n) is 9.33. The predicted octanol–water partition coefficient (Wildman–Crippen LogP) is 1.63. The first-order valence-electron chi connectivity index (χ1n) is 5.22. The van der Waals surface area contributed by atoms with E-state index < -0.39 is 5.60 Å². The van der Waals surface area contributed by atoms with Crippen LogP contribution < -0.4 is 11.1 Å². The number of aromatic nitrogens is 1. The summed E-state index contributed by atoms with van der Waals surface area (Å²) in [6.07, 6.45) is 1.72. The maximum absolute atomic E-state index is 9.92. The van der Waals surface area contributed by atoms with Crippen molar-refractivity contribution in [2.45, 2.75) is 32.3 Å². The molecule has 0 aliphatic carbocycles. The maximum atomic E-state index is 9.92. The van der Waals surface area contributed by atoms with Crippen molar-refractivity contribution >= 4 is 11.6 Å². The minimum atomic E-state index is -0.693. The summed E-state index contributed by atoms with van der Waals surface area (Å²) in [5.41, 5.74) is 4.85. The summed E-state index contributed by atoms with van der Waals surface area (Å²) in [4.78, 5) is 4.09. The van der Waals surface area contributed by atoms with Gasteiger partial charge in [-0.05, 0) is 25.5 Å². The van der Waals surface area contributed by atoms with Gasteiger partial charge in [-0.2, -0.15) is 0 Å². The lowest BCUT2D eigenvalue weighted by Gasteiger charge is -2.23. The van der Waals surface area contributed by atoms with Crippen LogP contribution in [0.2, 0.25) is 0 Å². The smallest absolute Gasteiger partial charge is 0.128 e. The molecule has 1 rings (SSSR count). The molecule has 0 saturated carbocycles. The number of nitrogens with zero attached hydrogens (tertiary/aromatic N) is 1. The third-order valence-corrected chi connectivity index (χ3v) is 2.21. The molecule has 1 heterocycles. The van der Waals surface area contributed by atoms with Gasteiger partial charge in [0.1, 0.15) is 11.6 Å². The number of nitrogen functional groups attached to an aromatic ring is 1. The molecule has 0 bridgehead atoms. The predicted molar refractivity (Wildman–Crippen MR) is 62.7 cm³/mol. The molecule has 4 N–H and O–H groups in total. The van der Waals surface area contributed by atoms with Gasteiger partial charge in [-0.3, -0.25) is 0 Å². The molecule has 0 spiro atoms. The van der Waals surface area contributed by atoms with Gasteiger partial charge in [0.05, 0.1) is 5.60 Å². The van der Waals surface area contributed by atoms with Crippen LogP contribution in [0.1, 0.15) is 26.7 Å². The van der Waals surface area contributed by atoms with Crippen LogP contribution in [-0.4, -0.2) is 22.2 Å². The molecule has 0 aliphatic rings. The van der Waals surface area contributed by atoms with Crippen molar-refractivity contribution in [3.05, 3.63) is 18.2 Å². The molecule has 0 saturated heterocycles. The van der Waals surface area contributed by atoms with Gasteiger partial charge in [-0.25, -0.2) is 4.98 Å². The van der Waals surface area contributed by atoms with E-state index in [0.29, 0.717) is 18.2 Å². The third kappa shape index (κ3) is 4.16. The van der Waals surface area contributed by atoms with Crippen molar-refractivity contribution < 1.29 is 5.11 Å². The van der Waals surface area contributed by atoms with Crippen LogP contribution in [0.3, 0.4) is 0 Å². The highest BCUT2D eigenvalue weighted by molar-refractivity contribution is 5.42. The second kappa shape index (κ2) is 4.98. The second-order valence-corrected chi connectivity index (χ2v) is 4.05. The molecule has 1 aromatic rings. The fraction of sp³-hybridized carbons (Fsp3) is 0.545. The lowest BCUT2D eigenvalue weighted by Crippen LogP contribution is -2.33. The van der Waals surface area contributed by atoms with Crippen LogP contribution in [0, 0.1) is 0 Å². The van der Waals surface area contributed by atoms with E-state index in [4.69, 9.17) is 5.73 Å². The van der Waals surface area contributed by atoms with E-state index in [1.54, 1.807) is 6.07 Å². The zero-order chi connectivity index (χ0) is 11.3. The Hall–Kier alpha value is -1.29. The minimum absolute atomic E-state index is 0.482. The highest BCUT2D eigenvalue weighted by Crippen LogP contribution is 2.13. The number of aliphatic hydroxyl groups is 1. The van der Waals surface area contributed by atoms with Crippen LogP contribution in [0.5, 0.6) is 0 Å². The largest absolute Gasteiger partial charge is 0.388 e. The maximum Gasteiger partial charge on any atom is 0.128 e. The lowest BCUT2D eigenvalue weighted by molar-refractivity contribution is 0.0636. The molecule has 4 nitrogen and oxygen atoms in total. The Kier molecular flexibility index (Phi) is 3.91. The summed E-state index contributed by atoms with van der Waals surface area (Å²) in [5, 5.41) is 13.0. The van der Waals surface area contributed by atoms with Crippen molar-refractivity contribution in [1.82, 2.24) is 4.98 Å². The van der Waals surface area contributed by atoms with Crippen molar-refractivity contribution in [1.29, 1.82) is 0 Å². The number of nitrogens with one attached hydrogen (secondary N) is 1. The number of hydrogen-bond acceptors (Lipinski definition) is 4. The summed E-state index contributed by atoms with van der Waals surface area (Å²) in [6, 6.07) is 5.40. The first-order valence-corrected chi connectivity index (χ1v) is 5.22. The Balaban J connectivity index is 2.49. The molecule has 1 aromatic heterocycles. The SMILES string of the molecule is CCCC(C)(O)CNc1cccc(N)n1. The Morgan fingerprint density at radius 3 is 2.87 bits per heavy atom. The highest BCUT2D eigenvalue weighted by atomic mass is 16.3. The summed E-state index contributed by atoms with van der Waals surface area (Å²) < 4.78 is 0. The molecule has 84 valence electrons. The molecule has 15 heavy (non-hydrogen) atoms. The van der Waals surface area contributed by atoms with Gasteiger partial charge in [-0.15, -0.1) is 0 Å². The molecule has 0 fully saturated rings. The molecule has 4 heteroatoms. The van der Waals surface area contributed by atoms with E-state index in [1.165, 1.54) is 0 Å². The number of pyridine rings is 1. The molecule has 0 radical (unpaired) electrons. The first kappa shape index (κ1) is 11.8. The van der Waals surface area contributed by atoms with Gasteiger partial charge in [0.25, 0.3) is 0 Å². The molecule has 0 amide bonds. The second-order valence-electron chi connectivity index (χ2n) is 4.05. The van der Waals surface area contributed by atoms with E-state index in [2.05, 4.69) is 10.3 Å². The number of anilines is 2. The van der Waals surface area contributed by atoms with Crippen molar-refractivity contribution in [2.24, 2.45) is 0 Å². The summed E-state index contributed by atoms with van der Waals surface area (Å²) in [5.74, 6) is 1.18. The average Bonchev–Trinajstić information content (AvgIpc) is 2.15. The van der Waals surface area contributed by atoms with Gasteiger partial charge in [0, 0.05) is 6.54 Å². The standard InChI is InChI=1S/C11H19N3O/c1-3-7-11(2,15)8-13-10-6-4-5-9(12)14-10/h4-6,15H,3,7-8H2,1-2H3,(H3,12,13,14). The Morgan fingerprint density at radius 1 is 1.53 bits per heavy atom. The van der Waals surface area contributed by atoms with Crippen molar-refractivity contribution in [3.8, 4) is 0 Å². The molecule has 1 unspecified atom stereocenters. The van der Waals surface area contributed by atoms with Gasteiger partial charge in [-0.1, -0.05) is 19.4 Å². The van der Waals surface area contributed by atoms with E-state index in [1.807, 2.05) is 26.0 Å². The lowest BCUT2D eigenvalue weighted by atomic mass is 10.0. The van der Waals surface area contributed by atoms with Gasteiger partial charge >= 0.3 is 0 Å². The number of hydrogen-bond donors (Lipinski definition) is 3. The van der Waals surface area contributed by atoms with E-state index >= 15 is 0 Å². The average molecular weight is 209 g/mol. The monoisotopic (exact) mass is 209 g/mol. The minimum Gasteiger partial charge on any atom is -0.388 e. The van der Waals surface area contributed by atoms with E-state index in [0.717, 1.165) is 12.8 Å². The zero-order valence-corrected chi connectivity index (χ0v) is 9.33. The van der Waals surface area contributed by atoms with Gasteiger partial charge in [0.2, 0.25) is 0 Å². The summed E-state index contributed by atoms with van der Waals surface area (Å²) in [7, 11) is 0. The van der Waals surface area contributed by atoms with Crippen molar-refractivity contribution in [2.75, 3.05) is 17.6 Å². The van der Waals surface area contributed by atoms with Crippen molar-refractivity contribution in [3.63, 3.8) is 0 Å². The fourth-order valence-electron chi connectivity index (χ4n) is 1.46. The quantitative estimate of drug-likeness (QED) is 0.689. The van der Waals surface area contributed by atoms with Crippen LogP contribution >= 0.6 is 0 Å². The fourth-order valence-corrected chi connectivity index (χ4v) is 1.46. The summed E-state index contributed by atoms with van der Waals surface area (Å²) in [6.45, 7) is 4.35. The summed E-state index contributed by atoms with van der Waals surface area (Å²) >= 11 is 0. The van der Waals surface area contributed by atoms with Crippen LogP contribution in [0.4, 0.5) is 11.6 Å². The molecular weight excluding hydrogens is 190 g/mol. The molecule has 0 aliphatic heterocycles.